The van der Waals surface area contributed by atoms with Gasteiger partial charge in [-0.15, -0.1) is 11.3 Å². The van der Waals surface area contributed by atoms with Gasteiger partial charge in [0.05, 0.1) is 50.8 Å². The van der Waals surface area contributed by atoms with Crippen LogP contribution in [-0.4, -0.2) is 67.4 Å². The Balaban J connectivity index is 1.44. The SMILES string of the molecule is COc1cc(NC(=O)Cc2csc(-c3cccc(CN4CCOCC4)c3)n2)c(C(=O)O)cc1OC. The summed E-state index contributed by atoms with van der Waals surface area (Å²) in [6.45, 7) is 4.22. The number of aromatic nitrogens is 1. The zero-order chi connectivity index (χ0) is 24.8. The van der Waals surface area contributed by atoms with Crippen molar-refractivity contribution in [2.45, 2.75) is 13.0 Å². The molecule has 1 saturated heterocycles. The first kappa shape index (κ1) is 24.6. The summed E-state index contributed by atoms with van der Waals surface area (Å²) in [5, 5.41) is 14.9. The van der Waals surface area contributed by atoms with E-state index < -0.39 is 5.97 Å². The highest BCUT2D eigenvalue weighted by molar-refractivity contribution is 7.13. The highest BCUT2D eigenvalue weighted by Crippen LogP contribution is 2.33. The van der Waals surface area contributed by atoms with Crippen LogP contribution >= 0.6 is 11.3 Å². The van der Waals surface area contributed by atoms with Crippen LogP contribution in [0.5, 0.6) is 11.5 Å². The van der Waals surface area contributed by atoms with Crippen molar-refractivity contribution in [3.05, 3.63) is 58.6 Å². The molecule has 1 aliphatic heterocycles. The number of carbonyl (C=O) groups excluding carboxylic acids is 1. The number of methoxy groups -OCH3 is 2. The summed E-state index contributed by atoms with van der Waals surface area (Å²) in [5.41, 5.74) is 2.85. The minimum atomic E-state index is -1.19. The van der Waals surface area contributed by atoms with E-state index in [2.05, 4.69) is 27.3 Å². The van der Waals surface area contributed by atoms with Gasteiger partial charge in [-0.05, 0) is 11.6 Å². The van der Waals surface area contributed by atoms with E-state index >= 15 is 0 Å². The van der Waals surface area contributed by atoms with Crippen LogP contribution in [0.2, 0.25) is 0 Å². The van der Waals surface area contributed by atoms with E-state index in [1.54, 1.807) is 0 Å². The van der Waals surface area contributed by atoms with Crippen molar-refractivity contribution in [2.24, 2.45) is 0 Å². The van der Waals surface area contributed by atoms with Gasteiger partial charge < -0.3 is 24.6 Å². The van der Waals surface area contributed by atoms with Gasteiger partial charge in [0.2, 0.25) is 5.91 Å². The van der Waals surface area contributed by atoms with Crippen LogP contribution in [0.3, 0.4) is 0 Å². The van der Waals surface area contributed by atoms with Crippen molar-refractivity contribution in [3.63, 3.8) is 0 Å². The number of carboxylic acids is 1. The molecule has 1 aromatic heterocycles. The smallest absolute Gasteiger partial charge is 0.337 e. The molecule has 0 saturated carbocycles. The largest absolute Gasteiger partial charge is 0.493 e. The number of carbonyl (C=O) groups is 2. The van der Waals surface area contributed by atoms with Crippen molar-refractivity contribution in [1.82, 2.24) is 9.88 Å². The zero-order valence-corrected chi connectivity index (χ0v) is 20.4. The van der Waals surface area contributed by atoms with Gasteiger partial charge in [-0.2, -0.15) is 0 Å². The number of ether oxygens (including phenoxy) is 3. The molecule has 3 aromatic rings. The second-order valence-electron chi connectivity index (χ2n) is 8.02. The van der Waals surface area contributed by atoms with Gasteiger partial charge in [0, 0.05) is 42.7 Å². The molecule has 4 rings (SSSR count). The Morgan fingerprint density at radius 2 is 1.89 bits per heavy atom. The van der Waals surface area contributed by atoms with E-state index in [0.29, 0.717) is 11.4 Å². The Morgan fingerprint density at radius 1 is 1.14 bits per heavy atom. The van der Waals surface area contributed by atoms with E-state index in [1.165, 1.54) is 43.3 Å². The first-order valence-electron chi connectivity index (χ1n) is 11.1. The summed E-state index contributed by atoms with van der Waals surface area (Å²) in [7, 11) is 2.86. The topological polar surface area (TPSA) is 110 Å². The lowest BCUT2D eigenvalue weighted by molar-refractivity contribution is -0.115. The lowest BCUT2D eigenvalue weighted by atomic mass is 10.1. The van der Waals surface area contributed by atoms with Crippen molar-refractivity contribution in [2.75, 3.05) is 45.8 Å². The molecule has 9 nitrogen and oxygen atoms in total. The number of nitrogens with one attached hydrogen (secondary N) is 1. The Labute approximate surface area is 207 Å². The summed E-state index contributed by atoms with van der Waals surface area (Å²) in [6.07, 6.45) is 0.0113. The van der Waals surface area contributed by atoms with Crippen molar-refractivity contribution in [1.29, 1.82) is 0 Å². The Morgan fingerprint density at radius 3 is 2.60 bits per heavy atom. The molecular formula is C25H27N3O6S. The summed E-state index contributed by atoms with van der Waals surface area (Å²) < 4.78 is 15.8. The third kappa shape index (κ3) is 6.16. The van der Waals surface area contributed by atoms with Gasteiger partial charge >= 0.3 is 5.97 Å². The number of benzene rings is 2. The average molecular weight is 498 g/mol. The monoisotopic (exact) mass is 497 g/mol. The predicted molar refractivity (Wildman–Crippen MR) is 132 cm³/mol. The number of morpholine rings is 1. The molecule has 2 heterocycles. The minimum absolute atomic E-state index is 0.0113. The predicted octanol–water partition coefficient (Wildman–Crippen LogP) is 3.54. The molecule has 2 N–H and O–H groups in total. The molecule has 0 atom stereocenters. The Kier molecular flexibility index (Phi) is 7.96. The molecule has 0 radical (unpaired) electrons. The van der Waals surface area contributed by atoms with Crippen LogP contribution in [0.4, 0.5) is 5.69 Å². The molecule has 0 unspecified atom stereocenters. The van der Waals surface area contributed by atoms with Gasteiger partial charge in [-0.1, -0.05) is 18.2 Å². The van der Waals surface area contributed by atoms with E-state index in [0.717, 1.165) is 43.4 Å². The zero-order valence-electron chi connectivity index (χ0n) is 19.6. The van der Waals surface area contributed by atoms with E-state index in [-0.39, 0.29) is 29.3 Å². The van der Waals surface area contributed by atoms with Crippen LogP contribution < -0.4 is 14.8 Å². The normalized spacial score (nSPS) is 13.9. The standard InChI is InChI=1S/C25H27N3O6S/c1-32-21-12-19(25(30)31)20(13-22(21)33-2)27-23(29)11-18-15-35-24(26-18)17-5-3-4-16(10-17)14-28-6-8-34-9-7-28/h3-5,10,12-13,15H,6-9,11,14H2,1-2H3,(H,27,29)(H,30,31). The molecular weight excluding hydrogens is 470 g/mol. The third-order valence-corrected chi connectivity index (χ3v) is 6.55. The Bertz CT molecular complexity index is 1210. The summed E-state index contributed by atoms with van der Waals surface area (Å²) >= 11 is 1.47. The Hall–Kier alpha value is -3.47. The number of anilines is 1. The summed E-state index contributed by atoms with van der Waals surface area (Å²) in [6, 6.07) is 11.0. The molecule has 1 amide bonds. The van der Waals surface area contributed by atoms with Crippen molar-refractivity contribution in [3.8, 4) is 22.1 Å². The first-order valence-corrected chi connectivity index (χ1v) is 12.0. The third-order valence-electron chi connectivity index (χ3n) is 5.61. The summed E-state index contributed by atoms with van der Waals surface area (Å²) in [5.74, 6) is -0.976. The molecule has 35 heavy (non-hydrogen) atoms. The molecule has 0 bridgehead atoms. The number of carboxylic acid groups (broad SMARTS) is 1. The highest BCUT2D eigenvalue weighted by atomic mass is 32.1. The van der Waals surface area contributed by atoms with E-state index in [1.807, 2.05) is 17.5 Å². The number of amides is 1. The maximum Gasteiger partial charge on any atom is 0.337 e. The molecule has 10 heteroatoms. The fraction of sp³-hybridized carbons (Fsp3) is 0.320. The first-order chi connectivity index (χ1) is 17.0. The lowest BCUT2D eigenvalue weighted by Gasteiger charge is -2.26. The molecule has 1 fully saturated rings. The van der Waals surface area contributed by atoms with Crippen LogP contribution in [-0.2, 0) is 22.5 Å². The molecule has 0 aliphatic carbocycles. The van der Waals surface area contributed by atoms with Gasteiger partial charge in [0.15, 0.2) is 11.5 Å². The van der Waals surface area contributed by atoms with Crippen molar-refractivity contribution >= 4 is 28.9 Å². The number of hydrogen-bond donors (Lipinski definition) is 2. The number of hydrogen-bond acceptors (Lipinski definition) is 8. The number of nitrogens with zero attached hydrogens (tertiary/aromatic N) is 2. The van der Waals surface area contributed by atoms with Gasteiger partial charge in [0.25, 0.3) is 0 Å². The quantitative estimate of drug-likeness (QED) is 0.462. The molecule has 2 aromatic carbocycles. The fourth-order valence-corrected chi connectivity index (χ4v) is 4.68. The van der Waals surface area contributed by atoms with Crippen LogP contribution in [0.1, 0.15) is 21.6 Å². The highest BCUT2D eigenvalue weighted by Gasteiger charge is 2.19. The lowest BCUT2D eigenvalue weighted by Crippen LogP contribution is -2.35. The van der Waals surface area contributed by atoms with E-state index in [4.69, 9.17) is 14.2 Å². The van der Waals surface area contributed by atoms with E-state index in [9.17, 15) is 14.7 Å². The van der Waals surface area contributed by atoms with Crippen LogP contribution in [0.25, 0.3) is 10.6 Å². The molecule has 184 valence electrons. The second kappa shape index (κ2) is 11.3. The second-order valence-corrected chi connectivity index (χ2v) is 8.87. The maximum absolute atomic E-state index is 12.7. The van der Waals surface area contributed by atoms with Crippen LogP contribution in [0.15, 0.2) is 41.8 Å². The number of aromatic carboxylic acids is 1. The van der Waals surface area contributed by atoms with Crippen molar-refractivity contribution < 1.29 is 28.9 Å². The fourth-order valence-electron chi connectivity index (χ4n) is 3.86. The molecule has 0 spiro atoms. The summed E-state index contributed by atoms with van der Waals surface area (Å²) in [4.78, 5) is 31.4. The van der Waals surface area contributed by atoms with Gasteiger partial charge in [0.1, 0.15) is 5.01 Å². The number of rotatable bonds is 9. The minimum Gasteiger partial charge on any atom is -0.493 e. The van der Waals surface area contributed by atoms with Gasteiger partial charge in [-0.3, -0.25) is 9.69 Å². The maximum atomic E-state index is 12.7. The number of thiazole rings is 1. The van der Waals surface area contributed by atoms with Gasteiger partial charge in [-0.25, -0.2) is 9.78 Å². The average Bonchev–Trinajstić information content (AvgIpc) is 3.32. The van der Waals surface area contributed by atoms with Crippen LogP contribution in [0, 0.1) is 0 Å². The molecule has 1 aliphatic rings.